The fraction of sp³-hybridized carbons (Fsp3) is 0.714. The van der Waals surface area contributed by atoms with E-state index in [0.717, 1.165) is 37.1 Å². The molecule has 0 radical (unpaired) electrons. The molecule has 1 N–H and O–H groups in total. The summed E-state index contributed by atoms with van der Waals surface area (Å²) in [6.45, 7) is 5.89. The molecule has 4 nitrogen and oxygen atoms in total. The van der Waals surface area contributed by atoms with Crippen molar-refractivity contribution in [1.29, 1.82) is 0 Å². The highest BCUT2D eigenvalue weighted by Crippen LogP contribution is 2.39. The van der Waals surface area contributed by atoms with Gasteiger partial charge in [0.05, 0.1) is 6.61 Å². The van der Waals surface area contributed by atoms with Crippen molar-refractivity contribution in [2.45, 2.75) is 51.9 Å². The van der Waals surface area contributed by atoms with E-state index in [1.54, 1.807) is 0 Å². The summed E-state index contributed by atoms with van der Waals surface area (Å²) >= 11 is 0. The molecule has 1 aliphatic carbocycles. The number of nitrogens with zero attached hydrogens (tertiary/aromatic N) is 2. The first-order chi connectivity index (χ1) is 8.83. The summed E-state index contributed by atoms with van der Waals surface area (Å²) < 4.78 is 5.72. The van der Waals surface area contributed by atoms with Crippen LogP contribution >= 0.6 is 0 Å². The molecule has 4 heteroatoms. The summed E-state index contributed by atoms with van der Waals surface area (Å²) in [4.78, 5) is 9.03. The fourth-order valence-electron chi connectivity index (χ4n) is 1.84. The summed E-state index contributed by atoms with van der Waals surface area (Å²) in [6, 6.07) is 1.90. The van der Waals surface area contributed by atoms with Gasteiger partial charge in [-0.2, -0.15) is 4.98 Å². The second-order valence-corrected chi connectivity index (χ2v) is 4.81. The lowest BCUT2D eigenvalue weighted by molar-refractivity contribution is 0.293. The number of ether oxygens (including phenoxy) is 1. The molecule has 1 heterocycles. The largest absolute Gasteiger partial charge is 0.478 e. The van der Waals surface area contributed by atoms with Gasteiger partial charge in [0, 0.05) is 18.5 Å². The predicted molar refractivity (Wildman–Crippen MR) is 73.2 cm³/mol. The number of hydrogen-bond donors (Lipinski definition) is 1. The Bertz CT molecular complexity index is 377. The van der Waals surface area contributed by atoms with Crippen molar-refractivity contribution in [3.8, 4) is 5.88 Å². The molecule has 0 amide bonds. The average molecular weight is 249 g/mol. The van der Waals surface area contributed by atoms with E-state index in [0.29, 0.717) is 5.92 Å². The van der Waals surface area contributed by atoms with Crippen LogP contribution in [0.15, 0.2) is 6.07 Å². The first-order valence-corrected chi connectivity index (χ1v) is 7.09. The van der Waals surface area contributed by atoms with Gasteiger partial charge in [0.15, 0.2) is 0 Å². The zero-order valence-corrected chi connectivity index (χ0v) is 11.4. The van der Waals surface area contributed by atoms with Crippen LogP contribution in [0.25, 0.3) is 0 Å². The van der Waals surface area contributed by atoms with Gasteiger partial charge in [-0.05, 0) is 26.2 Å². The minimum Gasteiger partial charge on any atom is -0.478 e. The van der Waals surface area contributed by atoms with Crippen LogP contribution in [0.3, 0.4) is 0 Å². The third-order valence-electron chi connectivity index (χ3n) is 3.02. The Hall–Kier alpha value is -1.32. The summed E-state index contributed by atoms with van der Waals surface area (Å²) in [5.41, 5.74) is 0. The number of anilines is 1. The molecule has 0 saturated heterocycles. The summed E-state index contributed by atoms with van der Waals surface area (Å²) in [7, 11) is 0. The van der Waals surface area contributed by atoms with Gasteiger partial charge >= 0.3 is 0 Å². The van der Waals surface area contributed by atoms with Gasteiger partial charge in [0.2, 0.25) is 5.88 Å². The van der Waals surface area contributed by atoms with E-state index < -0.39 is 0 Å². The second-order valence-electron chi connectivity index (χ2n) is 4.81. The molecular formula is C14H23N3O. The Morgan fingerprint density at radius 2 is 2.11 bits per heavy atom. The van der Waals surface area contributed by atoms with Gasteiger partial charge in [-0.15, -0.1) is 0 Å². The molecule has 1 saturated carbocycles. The van der Waals surface area contributed by atoms with E-state index in [9.17, 15) is 0 Å². The van der Waals surface area contributed by atoms with Crippen LogP contribution in [0.2, 0.25) is 0 Å². The molecule has 0 aliphatic heterocycles. The number of hydrogen-bond acceptors (Lipinski definition) is 4. The highest BCUT2D eigenvalue weighted by molar-refractivity contribution is 5.39. The van der Waals surface area contributed by atoms with Crippen molar-refractivity contribution >= 4 is 5.82 Å². The van der Waals surface area contributed by atoms with Gasteiger partial charge in [-0.1, -0.05) is 19.8 Å². The molecule has 0 atom stereocenters. The number of rotatable bonds is 8. The zero-order chi connectivity index (χ0) is 12.8. The minimum atomic E-state index is 0.557. The first kappa shape index (κ1) is 13.1. The van der Waals surface area contributed by atoms with E-state index in [-0.39, 0.29) is 0 Å². The smallest absolute Gasteiger partial charge is 0.218 e. The topological polar surface area (TPSA) is 47.0 Å². The maximum absolute atomic E-state index is 5.72. The van der Waals surface area contributed by atoms with Gasteiger partial charge in [-0.3, -0.25) is 0 Å². The molecule has 0 bridgehead atoms. The monoisotopic (exact) mass is 249 g/mol. The second kappa shape index (κ2) is 6.57. The normalized spacial score (nSPS) is 14.6. The highest BCUT2D eigenvalue weighted by atomic mass is 16.5. The van der Waals surface area contributed by atoms with Crippen molar-refractivity contribution in [2.24, 2.45) is 0 Å². The number of nitrogens with one attached hydrogen (secondary N) is 1. The van der Waals surface area contributed by atoms with Crippen LogP contribution in [-0.4, -0.2) is 23.1 Å². The lowest BCUT2D eigenvalue weighted by Crippen LogP contribution is -2.06. The van der Waals surface area contributed by atoms with E-state index in [4.69, 9.17) is 4.74 Å². The van der Waals surface area contributed by atoms with Gasteiger partial charge in [0.1, 0.15) is 11.6 Å². The summed E-state index contributed by atoms with van der Waals surface area (Å²) in [5.74, 6) is 3.11. The molecule has 1 aliphatic rings. The Morgan fingerprint density at radius 1 is 1.28 bits per heavy atom. The Labute approximate surface area is 109 Å². The quantitative estimate of drug-likeness (QED) is 0.718. The molecule has 0 spiro atoms. The lowest BCUT2D eigenvalue weighted by Gasteiger charge is -2.09. The Balaban J connectivity index is 1.98. The molecule has 2 rings (SSSR count). The first-order valence-electron chi connectivity index (χ1n) is 7.09. The number of aromatic nitrogens is 2. The third kappa shape index (κ3) is 3.86. The van der Waals surface area contributed by atoms with Crippen molar-refractivity contribution in [2.75, 3.05) is 18.5 Å². The minimum absolute atomic E-state index is 0.557. The maximum Gasteiger partial charge on any atom is 0.218 e. The zero-order valence-electron chi connectivity index (χ0n) is 11.4. The van der Waals surface area contributed by atoms with Gasteiger partial charge in [0.25, 0.3) is 0 Å². The summed E-state index contributed by atoms with van der Waals surface area (Å²) in [6.07, 6.45) is 5.94. The van der Waals surface area contributed by atoms with Crippen LogP contribution in [0, 0.1) is 0 Å². The molecule has 0 unspecified atom stereocenters. The Morgan fingerprint density at radius 3 is 2.78 bits per heavy atom. The van der Waals surface area contributed by atoms with E-state index >= 15 is 0 Å². The van der Waals surface area contributed by atoms with Crippen LogP contribution in [0.4, 0.5) is 5.82 Å². The van der Waals surface area contributed by atoms with Gasteiger partial charge < -0.3 is 10.1 Å². The van der Waals surface area contributed by atoms with E-state index in [2.05, 4.69) is 29.1 Å². The van der Waals surface area contributed by atoms with Crippen LogP contribution in [0.1, 0.15) is 57.7 Å². The van der Waals surface area contributed by atoms with Crippen molar-refractivity contribution < 1.29 is 4.74 Å². The van der Waals surface area contributed by atoms with Crippen LogP contribution in [-0.2, 0) is 0 Å². The molecule has 1 aromatic heterocycles. The van der Waals surface area contributed by atoms with Crippen molar-refractivity contribution in [3.63, 3.8) is 0 Å². The molecule has 0 aromatic carbocycles. The summed E-state index contributed by atoms with van der Waals surface area (Å²) in [5, 5.41) is 3.24. The van der Waals surface area contributed by atoms with Crippen molar-refractivity contribution in [1.82, 2.24) is 9.97 Å². The third-order valence-corrected chi connectivity index (χ3v) is 3.02. The maximum atomic E-state index is 5.72. The van der Waals surface area contributed by atoms with E-state index in [1.807, 2.05) is 6.07 Å². The van der Waals surface area contributed by atoms with Crippen molar-refractivity contribution in [3.05, 3.63) is 11.9 Å². The number of unbranched alkanes of at least 4 members (excludes halogenated alkanes) is 2. The molecule has 100 valence electrons. The predicted octanol–water partition coefficient (Wildman–Crippen LogP) is 3.35. The Kier molecular flexibility index (Phi) is 4.79. The average Bonchev–Trinajstić information content (AvgIpc) is 3.19. The van der Waals surface area contributed by atoms with Crippen LogP contribution < -0.4 is 10.1 Å². The lowest BCUT2D eigenvalue weighted by atomic mass is 10.3. The molecule has 1 aromatic rings. The van der Waals surface area contributed by atoms with Gasteiger partial charge in [-0.25, -0.2) is 4.98 Å². The molecule has 1 fully saturated rings. The van der Waals surface area contributed by atoms with Crippen LogP contribution in [0.5, 0.6) is 5.88 Å². The van der Waals surface area contributed by atoms with E-state index in [1.165, 1.54) is 25.7 Å². The molecular weight excluding hydrogens is 226 g/mol. The fourth-order valence-corrected chi connectivity index (χ4v) is 1.84. The highest BCUT2D eigenvalue weighted by Gasteiger charge is 2.27. The standard InChI is InChI=1S/C14H23N3O/c1-3-5-6-9-18-13-10-12(15-4-2)16-14(17-13)11-7-8-11/h10-11H,3-9H2,1-2H3,(H,15,16,17). The molecule has 18 heavy (non-hydrogen) atoms. The SMILES string of the molecule is CCCCCOc1cc(NCC)nc(C2CC2)n1.